The molecule has 1 atom stereocenters. The Labute approximate surface area is 191 Å². The number of ether oxygens (including phenoxy) is 5. The van der Waals surface area contributed by atoms with Crippen LogP contribution in [0, 0.1) is 0 Å². The van der Waals surface area contributed by atoms with Crippen LogP contribution in [0.15, 0.2) is 47.3 Å². The standard InChI is InChI=1S/C25H26N2O6/c1-29-22-5-3-4-20(24(22)30-2)16-6-7-19-17(12-16)8-9-27-21(19)13-23(26-25(27)28)33-15-18-14-31-10-11-32-18/h3-7,12-13,18H,8-11,14-15H2,1-2H3. The summed E-state index contributed by atoms with van der Waals surface area (Å²) in [7, 11) is 3.27. The second-order valence-electron chi connectivity index (χ2n) is 7.96. The van der Waals surface area contributed by atoms with Gasteiger partial charge in [-0.1, -0.05) is 30.3 Å². The Morgan fingerprint density at radius 3 is 2.79 bits per heavy atom. The summed E-state index contributed by atoms with van der Waals surface area (Å²) in [5.41, 5.74) is 4.62. The van der Waals surface area contributed by atoms with Crippen molar-refractivity contribution in [3.63, 3.8) is 0 Å². The van der Waals surface area contributed by atoms with E-state index in [-0.39, 0.29) is 18.4 Å². The van der Waals surface area contributed by atoms with E-state index in [9.17, 15) is 4.79 Å². The molecular formula is C25H26N2O6. The number of nitrogens with zero attached hydrogens (tertiary/aromatic N) is 2. The van der Waals surface area contributed by atoms with E-state index < -0.39 is 0 Å². The zero-order valence-corrected chi connectivity index (χ0v) is 18.7. The summed E-state index contributed by atoms with van der Waals surface area (Å²) in [4.78, 5) is 16.8. The van der Waals surface area contributed by atoms with Crippen LogP contribution in [-0.4, -0.2) is 56.3 Å². The molecule has 0 bridgehead atoms. The number of benzene rings is 2. The van der Waals surface area contributed by atoms with Crippen LogP contribution < -0.4 is 19.9 Å². The zero-order valence-electron chi connectivity index (χ0n) is 18.7. The van der Waals surface area contributed by atoms with Crippen LogP contribution in [0.3, 0.4) is 0 Å². The Morgan fingerprint density at radius 2 is 2.00 bits per heavy atom. The smallest absolute Gasteiger partial charge is 0.351 e. The molecule has 0 N–H and O–H groups in total. The average Bonchev–Trinajstić information content (AvgIpc) is 2.87. The van der Waals surface area contributed by atoms with Gasteiger partial charge in [0.25, 0.3) is 0 Å². The summed E-state index contributed by atoms with van der Waals surface area (Å²) >= 11 is 0. The third-order valence-corrected chi connectivity index (χ3v) is 5.99. The molecule has 0 spiro atoms. The predicted octanol–water partition coefficient (Wildman–Crippen LogP) is 2.94. The topological polar surface area (TPSA) is 81.0 Å². The first-order chi connectivity index (χ1) is 16.2. The fourth-order valence-electron chi connectivity index (χ4n) is 4.37. The van der Waals surface area contributed by atoms with Crippen LogP contribution in [0.2, 0.25) is 0 Å². The van der Waals surface area contributed by atoms with Gasteiger partial charge >= 0.3 is 5.69 Å². The van der Waals surface area contributed by atoms with E-state index >= 15 is 0 Å². The van der Waals surface area contributed by atoms with Crippen molar-refractivity contribution < 1.29 is 23.7 Å². The van der Waals surface area contributed by atoms with Crippen LogP contribution >= 0.6 is 0 Å². The van der Waals surface area contributed by atoms with E-state index in [1.165, 1.54) is 0 Å². The molecule has 1 aromatic heterocycles. The molecule has 5 rings (SSSR count). The molecule has 2 aliphatic rings. The monoisotopic (exact) mass is 450 g/mol. The quantitative estimate of drug-likeness (QED) is 0.571. The van der Waals surface area contributed by atoms with E-state index in [1.807, 2.05) is 36.4 Å². The molecule has 0 radical (unpaired) electrons. The molecule has 2 aliphatic heterocycles. The van der Waals surface area contributed by atoms with Gasteiger partial charge in [-0.25, -0.2) is 4.79 Å². The van der Waals surface area contributed by atoms with Gasteiger partial charge in [-0.15, -0.1) is 0 Å². The molecule has 0 saturated carbocycles. The zero-order chi connectivity index (χ0) is 22.8. The van der Waals surface area contributed by atoms with Crippen molar-refractivity contribution in [2.45, 2.75) is 19.1 Å². The van der Waals surface area contributed by atoms with Gasteiger partial charge in [0.15, 0.2) is 11.5 Å². The molecule has 1 fully saturated rings. The number of para-hydroxylation sites is 1. The van der Waals surface area contributed by atoms with Crippen molar-refractivity contribution in [2.75, 3.05) is 40.6 Å². The Balaban J connectivity index is 1.47. The fraction of sp³-hybridized carbons (Fsp3) is 0.360. The van der Waals surface area contributed by atoms with E-state index in [0.717, 1.165) is 34.4 Å². The minimum atomic E-state index is -0.312. The van der Waals surface area contributed by atoms with Crippen molar-refractivity contribution in [1.29, 1.82) is 0 Å². The molecular weight excluding hydrogens is 424 g/mol. The molecule has 8 heteroatoms. The summed E-state index contributed by atoms with van der Waals surface area (Å²) in [6.45, 7) is 2.46. The molecule has 2 aromatic carbocycles. The van der Waals surface area contributed by atoms with E-state index in [0.29, 0.717) is 43.7 Å². The highest BCUT2D eigenvalue weighted by Crippen LogP contribution is 2.40. The van der Waals surface area contributed by atoms with Gasteiger partial charge in [0.1, 0.15) is 12.7 Å². The molecule has 3 aromatic rings. The second kappa shape index (κ2) is 9.25. The van der Waals surface area contributed by atoms with Gasteiger partial charge < -0.3 is 23.7 Å². The van der Waals surface area contributed by atoms with Crippen molar-refractivity contribution >= 4 is 0 Å². The Kier molecular flexibility index (Phi) is 6.02. The maximum Gasteiger partial charge on any atom is 0.351 e. The number of rotatable bonds is 6. The van der Waals surface area contributed by atoms with Crippen LogP contribution in [0.5, 0.6) is 17.4 Å². The molecule has 0 aliphatic carbocycles. The Morgan fingerprint density at radius 1 is 1.09 bits per heavy atom. The highest BCUT2D eigenvalue weighted by Gasteiger charge is 2.22. The van der Waals surface area contributed by atoms with Crippen molar-refractivity contribution in [1.82, 2.24) is 9.55 Å². The van der Waals surface area contributed by atoms with Crippen LogP contribution in [0.1, 0.15) is 5.56 Å². The highest BCUT2D eigenvalue weighted by atomic mass is 16.6. The second-order valence-corrected chi connectivity index (χ2v) is 7.96. The first kappa shape index (κ1) is 21.5. The Bertz CT molecular complexity index is 1220. The minimum Gasteiger partial charge on any atom is -0.493 e. The SMILES string of the molecule is COc1cccc(-c2ccc3c(c2)CCn2c-3cc(OCC3COCCO3)nc2=O)c1OC. The van der Waals surface area contributed by atoms with Crippen molar-refractivity contribution in [3.05, 3.63) is 58.5 Å². The number of hydrogen-bond donors (Lipinski definition) is 0. The van der Waals surface area contributed by atoms with Crippen molar-refractivity contribution in [2.24, 2.45) is 0 Å². The number of methoxy groups -OCH3 is 2. The first-order valence-corrected chi connectivity index (χ1v) is 11.0. The summed E-state index contributed by atoms with van der Waals surface area (Å²) in [6, 6.07) is 13.9. The molecule has 172 valence electrons. The molecule has 3 heterocycles. The van der Waals surface area contributed by atoms with E-state index in [2.05, 4.69) is 11.1 Å². The largest absolute Gasteiger partial charge is 0.493 e. The molecule has 33 heavy (non-hydrogen) atoms. The minimum absolute atomic E-state index is 0.160. The summed E-state index contributed by atoms with van der Waals surface area (Å²) in [6.07, 6.45) is 0.573. The maximum atomic E-state index is 12.7. The third kappa shape index (κ3) is 4.19. The predicted molar refractivity (Wildman–Crippen MR) is 122 cm³/mol. The average molecular weight is 450 g/mol. The lowest BCUT2D eigenvalue weighted by molar-refractivity contribution is -0.102. The van der Waals surface area contributed by atoms with Gasteiger partial charge in [0, 0.05) is 23.7 Å². The number of aromatic nitrogens is 2. The molecule has 1 unspecified atom stereocenters. The normalized spacial score (nSPS) is 17.1. The first-order valence-electron chi connectivity index (χ1n) is 11.0. The third-order valence-electron chi connectivity index (χ3n) is 5.99. The van der Waals surface area contributed by atoms with Crippen LogP contribution in [0.25, 0.3) is 22.4 Å². The number of hydrogen-bond acceptors (Lipinski definition) is 7. The molecule has 0 amide bonds. The van der Waals surface area contributed by atoms with Crippen LogP contribution in [0.4, 0.5) is 0 Å². The highest BCUT2D eigenvalue weighted by molar-refractivity contribution is 5.78. The Hall–Kier alpha value is -3.36. The lowest BCUT2D eigenvalue weighted by Gasteiger charge is -2.24. The van der Waals surface area contributed by atoms with Gasteiger partial charge in [-0.3, -0.25) is 4.57 Å². The lowest BCUT2D eigenvalue weighted by atomic mass is 9.93. The molecule has 1 saturated heterocycles. The van der Waals surface area contributed by atoms with Gasteiger partial charge in [0.05, 0.1) is 39.7 Å². The molecule has 8 nitrogen and oxygen atoms in total. The lowest BCUT2D eigenvalue weighted by Crippen LogP contribution is -2.34. The van der Waals surface area contributed by atoms with E-state index in [1.54, 1.807) is 18.8 Å². The number of aryl methyl sites for hydroxylation is 1. The fourth-order valence-corrected chi connectivity index (χ4v) is 4.37. The summed E-state index contributed by atoms with van der Waals surface area (Å²) < 4.78 is 29.6. The maximum absolute atomic E-state index is 12.7. The van der Waals surface area contributed by atoms with Crippen molar-refractivity contribution in [3.8, 4) is 39.8 Å². The number of fused-ring (bicyclic) bond motifs is 3. The van der Waals surface area contributed by atoms with Gasteiger partial charge in [0.2, 0.25) is 5.88 Å². The van der Waals surface area contributed by atoms with Gasteiger partial charge in [-0.2, -0.15) is 4.98 Å². The van der Waals surface area contributed by atoms with E-state index in [4.69, 9.17) is 23.7 Å². The van der Waals surface area contributed by atoms with Gasteiger partial charge in [-0.05, 0) is 23.6 Å². The summed E-state index contributed by atoms with van der Waals surface area (Å²) in [5, 5.41) is 0. The van der Waals surface area contributed by atoms with Crippen LogP contribution in [-0.2, 0) is 22.4 Å². The summed E-state index contributed by atoms with van der Waals surface area (Å²) in [5.74, 6) is 1.68.